The summed E-state index contributed by atoms with van der Waals surface area (Å²) in [6.45, 7) is 4.15. The summed E-state index contributed by atoms with van der Waals surface area (Å²) in [6, 6.07) is 1.41. The van der Waals surface area contributed by atoms with Gasteiger partial charge in [-0.2, -0.15) is 0 Å². The van der Waals surface area contributed by atoms with Gasteiger partial charge in [0.15, 0.2) is 0 Å². The van der Waals surface area contributed by atoms with Gasteiger partial charge in [-0.1, -0.05) is 0 Å². The zero-order valence-corrected chi connectivity index (χ0v) is 12.8. The van der Waals surface area contributed by atoms with Crippen molar-refractivity contribution in [2.45, 2.75) is 63.1 Å². The van der Waals surface area contributed by atoms with E-state index in [2.05, 4.69) is 16.8 Å². The van der Waals surface area contributed by atoms with Gasteiger partial charge < -0.3 is 20.0 Å². The Hall–Kier alpha value is -0.160. The average Bonchev–Trinajstić information content (AvgIpc) is 2.29. The van der Waals surface area contributed by atoms with Gasteiger partial charge in [0.25, 0.3) is 0 Å². The predicted octanol–water partition coefficient (Wildman–Crippen LogP) is 1.07. The molecule has 1 heterocycles. The Kier molecular flexibility index (Phi) is 4.37. The highest BCUT2D eigenvalue weighted by Gasteiger charge is 2.54. The molecule has 0 unspecified atom stereocenters. The normalized spacial score (nSPS) is 33.0. The van der Waals surface area contributed by atoms with E-state index in [-0.39, 0.29) is 6.10 Å². The van der Waals surface area contributed by atoms with Gasteiger partial charge in [0.05, 0.1) is 6.10 Å². The average molecular weight is 282 g/mol. The lowest BCUT2D eigenvalue weighted by Gasteiger charge is -2.62. The van der Waals surface area contributed by atoms with Crippen LogP contribution in [0.1, 0.15) is 44.9 Å². The lowest BCUT2D eigenvalue weighted by atomic mass is 9.59. The summed E-state index contributed by atoms with van der Waals surface area (Å²) in [7, 11) is 2.25. The molecule has 1 aliphatic heterocycles. The van der Waals surface area contributed by atoms with Crippen LogP contribution in [-0.4, -0.2) is 71.5 Å². The predicted molar refractivity (Wildman–Crippen MR) is 79.6 cm³/mol. The minimum absolute atomic E-state index is 0.0328. The van der Waals surface area contributed by atoms with Crippen LogP contribution in [0.3, 0.4) is 0 Å². The second kappa shape index (κ2) is 5.91. The maximum absolute atomic E-state index is 9.41. The highest BCUT2D eigenvalue weighted by atomic mass is 16.3. The maximum atomic E-state index is 9.41. The number of rotatable bonds is 7. The zero-order valence-electron chi connectivity index (χ0n) is 12.8. The van der Waals surface area contributed by atoms with Gasteiger partial charge in [-0.15, -0.1) is 0 Å². The third kappa shape index (κ3) is 2.89. The van der Waals surface area contributed by atoms with Gasteiger partial charge >= 0.3 is 0 Å². The summed E-state index contributed by atoms with van der Waals surface area (Å²) in [5.74, 6) is 0. The molecule has 0 radical (unpaired) electrons. The van der Waals surface area contributed by atoms with Gasteiger partial charge in [0.2, 0.25) is 0 Å². The van der Waals surface area contributed by atoms with Crippen molar-refractivity contribution in [1.82, 2.24) is 9.80 Å². The molecule has 116 valence electrons. The quantitative estimate of drug-likeness (QED) is 0.686. The van der Waals surface area contributed by atoms with Crippen LogP contribution in [0.2, 0.25) is 0 Å². The summed E-state index contributed by atoms with van der Waals surface area (Å²) < 4.78 is 0. The number of aliphatic hydroxyl groups excluding tert-OH is 2. The fourth-order valence-corrected chi connectivity index (χ4v) is 4.36. The fraction of sp³-hybridized carbons (Fsp3) is 1.00. The summed E-state index contributed by atoms with van der Waals surface area (Å²) in [4.78, 5) is 5.11. The van der Waals surface area contributed by atoms with E-state index in [1.54, 1.807) is 0 Å². The number of nitrogens with zero attached hydrogens (tertiary/aromatic N) is 2. The topological polar surface area (TPSA) is 46.9 Å². The van der Waals surface area contributed by atoms with Crippen LogP contribution in [0.5, 0.6) is 0 Å². The molecule has 0 aromatic carbocycles. The van der Waals surface area contributed by atoms with E-state index in [0.29, 0.717) is 18.1 Å². The molecule has 2 aliphatic carbocycles. The number of hydrogen-bond acceptors (Lipinski definition) is 4. The summed E-state index contributed by atoms with van der Waals surface area (Å²) in [5.41, 5.74) is 0.637. The Balaban J connectivity index is 1.29. The third-order valence-corrected chi connectivity index (χ3v) is 5.83. The minimum atomic E-state index is -0.0328. The van der Waals surface area contributed by atoms with Crippen molar-refractivity contribution in [1.29, 1.82) is 0 Å². The second-order valence-corrected chi connectivity index (χ2v) is 7.50. The molecule has 0 bridgehead atoms. The van der Waals surface area contributed by atoms with E-state index in [4.69, 9.17) is 5.11 Å². The van der Waals surface area contributed by atoms with E-state index in [0.717, 1.165) is 31.7 Å². The van der Waals surface area contributed by atoms with Crippen LogP contribution < -0.4 is 0 Å². The Labute approximate surface area is 122 Å². The van der Waals surface area contributed by atoms with Gasteiger partial charge in [-0.05, 0) is 64.0 Å². The Morgan fingerprint density at radius 3 is 2.40 bits per heavy atom. The first-order chi connectivity index (χ1) is 9.62. The molecule has 3 rings (SSSR count). The molecule has 2 saturated carbocycles. The molecular formula is C16H30N2O2. The molecule has 4 heteroatoms. The standard InChI is InChI=1S/C16H30N2O2/c1-17(13-7-15(20)8-13)14-9-16(10-14)11-18(12-16)5-3-2-4-6-19/h13-15,19-20H,2-12H2,1H3. The number of unbranched alkanes of at least 4 members (excludes halogenated alkanes) is 2. The lowest BCUT2D eigenvalue weighted by Crippen LogP contribution is -2.67. The van der Waals surface area contributed by atoms with Crippen molar-refractivity contribution in [3.63, 3.8) is 0 Å². The lowest BCUT2D eigenvalue weighted by molar-refractivity contribution is -0.125. The van der Waals surface area contributed by atoms with E-state index in [1.807, 2.05) is 0 Å². The maximum Gasteiger partial charge on any atom is 0.0570 e. The van der Waals surface area contributed by atoms with Crippen LogP contribution in [0.25, 0.3) is 0 Å². The largest absolute Gasteiger partial charge is 0.396 e. The number of aliphatic hydroxyl groups is 2. The van der Waals surface area contributed by atoms with Gasteiger partial charge in [0, 0.05) is 31.8 Å². The first-order valence-corrected chi connectivity index (χ1v) is 8.35. The van der Waals surface area contributed by atoms with E-state index >= 15 is 0 Å². The first-order valence-electron chi connectivity index (χ1n) is 8.35. The molecule has 0 aromatic heterocycles. The molecular weight excluding hydrogens is 252 g/mol. The minimum Gasteiger partial charge on any atom is -0.396 e. The molecule has 20 heavy (non-hydrogen) atoms. The Morgan fingerprint density at radius 1 is 1.10 bits per heavy atom. The summed E-state index contributed by atoms with van der Waals surface area (Å²) >= 11 is 0. The highest BCUT2D eigenvalue weighted by molar-refractivity contribution is 5.08. The van der Waals surface area contributed by atoms with Crippen molar-refractivity contribution in [3.8, 4) is 0 Å². The highest BCUT2D eigenvalue weighted by Crippen LogP contribution is 2.51. The van der Waals surface area contributed by atoms with Crippen LogP contribution in [0.4, 0.5) is 0 Å². The van der Waals surface area contributed by atoms with E-state index < -0.39 is 0 Å². The van der Waals surface area contributed by atoms with Crippen molar-refractivity contribution < 1.29 is 10.2 Å². The molecule has 0 aromatic rings. The van der Waals surface area contributed by atoms with Crippen LogP contribution in [-0.2, 0) is 0 Å². The van der Waals surface area contributed by atoms with Crippen LogP contribution >= 0.6 is 0 Å². The van der Waals surface area contributed by atoms with E-state index in [9.17, 15) is 5.11 Å². The molecule has 3 fully saturated rings. The Morgan fingerprint density at radius 2 is 1.80 bits per heavy atom. The molecule has 1 saturated heterocycles. The molecule has 2 N–H and O–H groups in total. The fourth-order valence-electron chi connectivity index (χ4n) is 4.36. The second-order valence-electron chi connectivity index (χ2n) is 7.50. The van der Waals surface area contributed by atoms with Crippen molar-refractivity contribution in [2.24, 2.45) is 5.41 Å². The number of hydrogen-bond donors (Lipinski definition) is 2. The molecule has 1 spiro atoms. The number of likely N-dealkylation sites (tertiary alicyclic amines) is 1. The van der Waals surface area contributed by atoms with Crippen molar-refractivity contribution in [3.05, 3.63) is 0 Å². The molecule has 3 aliphatic rings. The van der Waals surface area contributed by atoms with Crippen LogP contribution in [0, 0.1) is 5.41 Å². The van der Waals surface area contributed by atoms with Crippen LogP contribution in [0.15, 0.2) is 0 Å². The molecule has 0 amide bonds. The molecule has 0 atom stereocenters. The van der Waals surface area contributed by atoms with Gasteiger partial charge in [0.1, 0.15) is 0 Å². The van der Waals surface area contributed by atoms with E-state index in [1.165, 1.54) is 38.9 Å². The van der Waals surface area contributed by atoms with Gasteiger partial charge in [-0.25, -0.2) is 0 Å². The summed E-state index contributed by atoms with van der Waals surface area (Å²) in [6.07, 6.45) is 8.02. The monoisotopic (exact) mass is 282 g/mol. The van der Waals surface area contributed by atoms with Gasteiger partial charge in [-0.3, -0.25) is 0 Å². The van der Waals surface area contributed by atoms with Crippen molar-refractivity contribution >= 4 is 0 Å². The smallest absolute Gasteiger partial charge is 0.0570 e. The SMILES string of the molecule is CN(C1CC(O)C1)C1CC2(C1)CN(CCCCCO)C2. The summed E-state index contributed by atoms with van der Waals surface area (Å²) in [5, 5.41) is 18.2. The zero-order chi connectivity index (χ0) is 14.2. The first kappa shape index (κ1) is 14.8. The van der Waals surface area contributed by atoms with Crippen molar-refractivity contribution in [2.75, 3.05) is 33.3 Å². The Bertz CT molecular complexity index is 316. The molecule has 4 nitrogen and oxygen atoms in total. The third-order valence-electron chi connectivity index (χ3n) is 5.83.